The molecule has 52 heavy (non-hydrogen) atoms. The van der Waals surface area contributed by atoms with Gasteiger partial charge in [-0.1, -0.05) is 12.1 Å². The highest BCUT2D eigenvalue weighted by atomic mass is 16.6. The van der Waals surface area contributed by atoms with Crippen LogP contribution in [0.15, 0.2) is 36.5 Å². The Kier molecular flexibility index (Phi) is 8.67. The number of para-hydroxylation sites is 1. The van der Waals surface area contributed by atoms with Crippen molar-refractivity contribution >= 4 is 29.0 Å². The van der Waals surface area contributed by atoms with Gasteiger partial charge in [-0.3, -0.25) is 0 Å². The van der Waals surface area contributed by atoms with Crippen molar-refractivity contribution in [1.29, 1.82) is 0 Å². The molecular formula is C38H46N8O6. The average Bonchev–Trinajstić information content (AvgIpc) is 3.46. The fourth-order valence-electron chi connectivity index (χ4n) is 8.35. The molecule has 14 heteroatoms. The number of piperidine rings is 1. The lowest BCUT2D eigenvalue weighted by Gasteiger charge is -2.61. The number of anilines is 1. The summed E-state index contributed by atoms with van der Waals surface area (Å²) in [6.07, 6.45) is 6.50. The molecule has 1 spiro atoms. The lowest BCUT2D eigenvalue weighted by Crippen LogP contribution is -2.68. The van der Waals surface area contributed by atoms with Crippen LogP contribution in [0.5, 0.6) is 11.6 Å². The van der Waals surface area contributed by atoms with Crippen LogP contribution in [0.2, 0.25) is 0 Å². The van der Waals surface area contributed by atoms with E-state index in [9.17, 15) is 14.7 Å². The van der Waals surface area contributed by atoms with Gasteiger partial charge in [-0.25, -0.2) is 14.6 Å². The number of rotatable bonds is 7. The van der Waals surface area contributed by atoms with Crippen LogP contribution in [0.1, 0.15) is 69.2 Å². The van der Waals surface area contributed by atoms with E-state index >= 15 is 0 Å². The molecule has 1 amide bonds. The summed E-state index contributed by atoms with van der Waals surface area (Å²) in [7, 11) is 1.35. The maximum absolute atomic E-state index is 12.4. The van der Waals surface area contributed by atoms with Gasteiger partial charge in [0.1, 0.15) is 11.4 Å². The number of nitrogens with one attached hydrogen (secondary N) is 1. The Balaban J connectivity index is 0.940. The lowest BCUT2D eigenvalue weighted by molar-refractivity contribution is -0.143. The minimum absolute atomic E-state index is 0.152. The van der Waals surface area contributed by atoms with Gasteiger partial charge in [0.25, 0.3) is 0 Å². The summed E-state index contributed by atoms with van der Waals surface area (Å²) in [4.78, 5) is 44.3. The Morgan fingerprint density at radius 2 is 1.85 bits per heavy atom. The van der Waals surface area contributed by atoms with Crippen molar-refractivity contribution in [3.8, 4) is 22.9 Å². The van der Waals surface area contributed by atoms with E-state index in [4.69, 9.17) is 24.2 Å². The van der Waals surface area contributed by atoms with Gasteiger partial charge in [0.2, 0.25) is 11.8 Å². The lowest BCUT2D eigenvalue weighted by atomic mass is 9.60. The second-order valence-electron chi connectivity index (χ2n) is 15.8. The zero-order valence-electron chi connectivity index (χ0n) is 30.2. The SMILES string of the molecule is COC(=O)COc1nc(N2CCc3[nH]c4nnc(-c5ccccc5O)cc4c3C2)ncc1C1CCN(C2CC3(C2)CN(C(=O)OC(C)(C)C)C3)CC1. The molecule has 6 heterocycles. The van der Waals surface area contributed by atoms with Gasteiger partial charge < -0.3 is 39.0 Å². The molecular weight excluding hydrogens is 664 g/mol. The van der Waals surface area contributed by atoms with Crippen LogP contribution in [0.4, 0.5) is 10.7 Å². The first-order valence-electron chi connectivity index (χ1n) is 18.2. The number of benzene rings is 1. The number of aromatic hydroxyl groups is 1. The molecule has 0 unspecified atom stereocenters. The summed E-state index contributed by atoms with van der Waals surface area (Å²) in [5, 5.41) is 20.2. The number of carbonyl (C=O) groups is 2. The highest BCUT2D eigenvalue weighted by Gasteiger charge is 2.55. The number of hydrogen-bond donors (Lipinski definition) is 2. The van der Waals surface area contributed by atoms with Crippen molar-refractivity contribution in [2.45, 2.75) is 77.0 Å². The molecule has 3 aliphatic heterocycles. The number of likely N-dealkylation sites (tertiary alicyclic amines) is 2. The van der Waals surface area contributed by atoms with Gasteiger partial charge in [-0.15, -0.1) is 10.2 Å². The molecule has 3 fully saturated rings. The van der Waals surface area contributed by atoms with E-state index in [2.05, 4.69) is 25.0 Å². The number of esters is 1. The number of aromatic amines is 1. The van der Waals surface area contributed by atoms with E-state index in [-0.39, 0.29) is 29.8 Å². The summed E-state index contributed by atoms with van der Waals surface area (Å²) < 4.78 is 16.5. The number of methoxy groups -OCH3 is 1. The van der Waals surface area contributed by atoms with Crippen LogP contribution in [-0.4, -0.2) is 110 Å². The maximum atomic E-state index is 12.4. The predicted octanol–water partition coefficient (Wildman–Crippen LogP) is 4.81. The molecule has 8 rings (SSSR count). The van der Waals surface area contributed by atoms with Crippen molar-refractivity contribution in [3.05, 3.63) is 53.3 Å². The summed E-state index contributed by atoms with van der Waals surface area (Å²) >= 11 is 0. The summed E-state index contributed by atoms with van der Waals surface area (Å²) in [6, 6.07) is 9.60. The van der Waals surface area contributed by atoms with Gasteiger partial charge in [0.15, 0.2) is 12.3 Å². The molecule has 14 nitrogen and oxygen atoms in total. The van der Waals surface area contributed by atoms with Crippen LogP contribution >= 0.6 is 0 Å². The number of aromatic nitrogens is 5. The van der Waals surface area contributed by atoms with Gasteiger partial charge in [-0.2, -0.15) is 4.98 Å². The standard InChI is InChI=1S/C38H46N8O6/c1-37(2,3)52-36(49)46-21-38(22-46)16-24(17-38)44-12-9-23(10-13-44)27-18-39-35(41-34(27)51-20-32(48)50-4)45-14-11-29-28(19-45)26-15-30(42-43-33(26)40-29)25-7-5-6-8-31(25)47/h5-8,15,18,23-24,47H,9-14,16-17,19-22H2,1-4H3,(H,40,43). The van der Waals surface area contributed by atoms with Crippen molar-refractivity contribution in [2.24, 2.45) is 5.41 Å². The molecule has 3 aromatic heterocycles. The van der Waals surface area contributed by atoms with Crippen LogP contribution in [0, 0.1) is 5.41 Å². The van der Waals surface area contributed by atoms with E-state index in [0.717, 1.165) is 80.5 Å². The Morgan fingerprint density at radius 1 is 1.08 bits per heavy atom. The topological polar surface area (TPSA) is 159 Å². The van der Waals surface area contributed by atoms with Gasteiger partial charge >= 0.3 is 12.1 Å². The molecule has 0 bridgehead atoms. The molecule has 1 saturated carbocycles. The van der Waals surface area contributed by atoms with Crippen molar-refractivity contribution < 1.29 is 28.9 Å². The quantitative estimate of drug-likeness (QED) is 0.253. The highest BCUT2D eigenvalue weighted by molar-refractivity contribution is 5.86. The van der Waals surface area contributed by atoms with E-state index in [1.54, 1.807) is 12.1 Å². The Hall–Kier alpha value is -4.98. The summed E-state index contributed by atoms with van der Waals surface area (Å²) in [5.74, 6) is 0.838. The van der Waals surface area contributed by atoms with Crippen LogP contribution in [0.3, 0.4) is 0 Å². The number of carbonyl (C=O) groups excluding carboxylic acids is 2. The van der Waals surface area contributed by atoms with Crippen LogP contribution in [-0.2, 0) is 27.2 Å². The van der Waals surface area contributed by atoms with E-state index < -0.39 is 11.6 Å². The summed E-state index contributed by atoms with van der Waals surface area (Å²) in [6.45, 7) is 10.2. The monoisotopic (exact) mass is 710 g/mol. The number of H-pyrrole nitrogens is 1. The normalized spacial score (nSPS) is 19.2. The third-order valence-corrected chi connectivity index (χ3v) is 11.0. The molecule has 0 atom stereocenters. The summed E-state index contributed by atoms with van der Waals surface area (Å²) in [5.41, 5.74) is 4.77. The van der Waals surface area contributed by atoms with Crippen LogP contribution in [0.25, 0.3) is 22.3 Å². The molecule has 0 radical (unpaired) electrons. The Bertz CT molecular complexity index is 1990. The van der Waals surface area contributed by atoms with Crippen molar-refractivity contribution in [2.75, 3.05) is 51.3 Å². The predicted molar refractivity (Wildman–Crippen MR) is 192 cm³/mol. The number of fused-ring (bicyclic) bond motifs is 3. The first-order valence-corrected chi connectivity index (χ1v) is 18.2. The van der Waals surface area contributed by atoms with Crippen molar-refractivity contribution in [1.82, 2.24) is 34.9 Å². The molecule has 1 aromatic carbocycles. The number of phenols is 1. The Morgan fingerprint density at radius 3 is 2.58 bits per heavy atom. The van der Waals surface area contributed by atoms with Gasteiger partial charge in [0.05, 0.1) is 12.8 Å². The molecule has 2 N–H and O–H groups in total. The number of nitrogens with zero attached hydrogens (tertiary/aromatic N) is 7. The number of amides is 1. The third-order valence-electron chi connectivity index (χ3n) is 11.0. The van der Waals surface area contributed by atoms with Crippen LogP contribution < -0.4 is 9.64 Å². The number of ether oxygens (including phenoxy) is 3. The zero-order valence-corrected chi connectivity index (χ0v) is 30.2. The second kappa shape index (κ2) is 13.2. The largest absolute Gasteiger partial charge is 0.507 e. The molecule has 1 aliphatic carbocycles. The number of hydrogen-bond acceptors (Lipinski definition) is 12. The molecule has 2 saturated heterocycles. The fourth-order valence-corrected chi connectivity index (χ4v) is 8.35. The van der Waals surface area contributed by atoms with Crippen molar-refractivity contribution in [3.63, 3.8) is 0 Å². The highest BCUT2D eigenvalue weighted by Crippen LogP contribution is 2.51. The average molecular weight is 711 g/mol. The first-order chi connectivity index (χ1) is 25.0. The molecule has 4 aromatic rings. The second-order valence-corrected chi connectivity index (χ2v) is 15.8. The van der Waals surface area contributed by atoms with E-state index in [1.165, 1.54) is 7.11 Å². The Labute approximate surface area is 302 Å². The van der Waals surface area contributed by atoms with Gasteiger partial charge in [-0.05, 0) is 83.7 Å². The minimum Gasteiger partial charge on any atom is -0.507 e. The van der Waals surface area contributed by atoms with Gasteiger partial charge in [0, 0.05) is 78.0 Å². The fraction of sp³-hybridized carbons (Fsp3) is 0.526. The smallest absolute Gasteiger partial charge is 0.410 e. The zero-order chi connectivity index (χ0) is 36.2. The minimum atomic E-state index is -0.478. The third kappa shape index (κ3) is 6.59. The maximum Gasteiger partial charge on any atom is 0.410 e. The molecule has 4 aliphatic rings. The van der Waals surface area contributed by atoms with E-state index in [0.29, 0.717) is 47.9 Å². The first kappa shape index (κ1) is 34.1. The van der Waals surface area contributed by atoms with E-state index in [1.807, 2.05) is 50.1 Å². The molecule has 274 valence electrons. The number of phenolic OH excluding ortho intramolecular Hbond substituents is 1.